The Balaban J connectivity index is 1.40. The lowest BCUT2D eigenvalue weighted by Crippen LogP contribution is -2.46. The van der Waals surface area contributed by atoms with Crippen LogP contribution >= 0.6 is 11.5 Å². The first-order chi connectivity index (χ1) is 23.3. The zero-order valence-electron chi connectivity index (χ0n) is 27.8. The van der Waals surface area contributed by atoms with Gasteiger partial charge in [0, 0.05) is 54.3 Å². The highest BCUT2D eigenvalue weighted by atomic mass is 32.2. The minimum Gasteiger partial charge on any atom is -0.497 e. The molecule has 2 heterocycles. The fourth-order valence-electron chi connectivity index (χ4n) is 5.64. The van der Waals surface area contributed by atoms with Crippen molar-refractivity contribution < 1.29 is 40.9 Å². The van der Waals surface area contributed by atoms with Crippen LogP contribution in [0.2, 0.25) is 0 Å². The molecule has 4 aromatic rings. The van der Waals surface area contributed by atoms with Crippen molar-refractivity contribution in [1.29, 1.82) is 0 Å². The molecule has 3 aromatic carbocycles. The number of rotatable bonds is 11. The molecule has 1 fully saturated rings. The van der Waals surface area contributed by atoms with E-state index >= 15 is 8.78 Å². The number of carbonyl (C=O) groups excluding carboxylic acids is 1. The van der Waals surface area contributed by atoms with Crippen molar-refractivity contribution >= 4 is 32.8 Å². The van der Waals surface area contributed by atoms with Gasteiger partial charge in [0.15, 0.2) is 11.6 Å². The molecule has 49 heavy (non-hydrogen) atoms. The second-order valence-corrected chi connectivity index (χ2v) is 15.0. The molecular formula is C34H38F2N4O7S2. The lowest BCUT2D eigenvalue weighted by molar-refractivity contribution is 0.0110. The fraction of sp³-hybridized carbons (Fsp3) is 0.382. The number of likely N-dealkylation sites (tertiary alicyclic amines) is 1. The van der Waals surface area contributed by atoms with E-state index in [9.17, 15) is 13.2 Å². The number of aromatic nitrogens is 2. The van der Waals surface area contributed by atoms with Crippen molar-refractivity contribution in [3.63, 3.8) is 0 Å². The van der Waals surface area contributed by atoms with Crippen LogP contribution in [-0.2, 0) is 21.3 Å². The number of halogens is 2. The monoisotopic (exact) mass is 716 g/mol. The molecule has 11 nitrogen and oxygen atoms in total. The molecule has 262 valence electrons. The van der Waals surface area contributed by atoms with Gasteiger partial charge in [-0.05, 0) is 50.8 Å². The molecule has 1 aromatic heterocycles. The van der Waals surface area contributed by atoms with Crippen molar-refractivity contribution in [3.05, 3.63) is 89.8 Å². The molecule has 5 rings (SSSR count). The second-order valence-electron chi connectivity index (χ2n) is 12.4. The number of piperidine rings is 1. The van der Waals surface area contributed by atoms with Gasteiger partial charge in [-0.2, -0.15) is 4.37 Å². The summed E-state index contributed by atoms with van der Waals surface area (Å²) in [5.41, 5.74) is 0.760. The zero-order chi connectivity index (χ0) is 35.3. The predicted octanol–water partition coefficient (Wildman–Crippen LogP) is 6.65. The van der Waals surface area contributed by atoms with Crippen LogP contribution in [-0.4, -0.2) is 68.3 Å². The number of nitrogens with zero attached hydrogens (tertiary/aromatic N) is 4. The summed E-state index contributed by atoms with van der Waals surface area (Å²) in [6.45, 7) is 5.67. The highest BCUT2D eigenvalue weighted by molar-refractivity contribution is 7.93. The molecule has 0 aliphatic carbocycles. The summed E-state index contributed by atoms with van der Waals surface area (Å²) in [5.74, 6) is -2.29. The molecule has 1 aliphatic rings. The number of amides is 1. The summed E-state index contributed by atoms with van der Waals surface area (Å²) in [6.07, 6.45) is 1.30. The van der Waals surface area contributed by atoms with E-state index in [0.29, 0.717) is 36.1 Å². The van der Waals surface area contributed by atoms with Crippen LogP contribution in [0.1, 0.15) is 44.2 Å². The third kappa shape index (κ3) is 8.39. The molecule has 15 heteroatoms. The van der Waals surface area contributed by atoms with E-state index in [1.165, 1.54) is 20.5 Å². The summed E-state index contributed by atoms with van der Waals surface area (Å²) >= 11 is 0.776. The minimum atomic E-state index is -4.72. The minimum absolute atomic E-state index is 0.0390. The molecular weight excluding hydrogens is 679 g/mol. The third-order valence-corrected chi connectivity index (χ3v) is 10.5. The number of anilines is 1. The zero-order valence-corrected chi connectivity index (χ0v) is 29.4. The molecule has 1 unspecified atom stereocenters. The van der Waals surface area contributed by atoms with Crippen LogP contribution in [0.15, 0.2) is 71.9 Å². The first kappa shape index (κ1) is 35.8. The number of hydrogen-bond donors (Lipinski definition) is 0. The highest BCUT2D eigenvalue weighted by Gasteiger charge is 2.36. The quantitative estimate of drug-likeness (QED) is 0.168. The number of sulfonamides is 1. The van der Waals surface area contributed by atoms with Crippen LogP contribution < -0.4 is 18.5 Å². The number of benzene rings is 3. The number of carbonyl (C=O) groups is 1. The summed E-state index contributed by atoms with van der Waals surface area (Å²) in [5, 5.41) is -0.0585. The van der Waals surface area contributed by atoms with Gasteiger partial charge >= 0.3 is 6.09 Å². The largest absolute Gasteiger partial charge is 0.497 e. The molecule has 1 saturated heterocycles. The van der Waals surface area contributed by atoms with Gasteiger partial charge in [-0.15, -0.1) is 0 Å². The molecule has 0 bridgehead atoms. The number of methoxy groups -OCH3 is 2. The van der Waals surface area contributed by atoms with Gasteiger partial charge in [0.05, 0.1) is 27.4 Å². The first-order valence-electron chi connectivity index (χ1n) is 15.5. The van der Waals surface area contributed by atoms with Crippen molar-refractivity contribution in [2.45, 2.75) is 50.2 Å². The molecule has 0 N–H and O–H groups in total. The van der Waals surface area contributed by atoms with Crippen molar-refractivity contribution in [2.24, 2.45) is 5.92 Å². The van der Waals surface area contributed by atoms with Crippen molar-refractivity contribution in [3.8, 4) is 17.2 Å². The smallest absolute Gasteiger partial charge is 0.410 e. The average molecular weight is 717 g/mol. The maximum Gasteiger partial charge on any atom is 0.410 e. The maximum atomic E-state index is 15.7. The van der Waals surface area contributed by atoms with Gasteiger partial charge < -0.3 is 23.8 Å². The van der Waals surface area contributed by atoms with E-state index in [2.05, 4.69) is 9.36 Å². The van der Waals surface area contributed by atoms with E-state index in [0.717, 1.165) is 27.5 Å². The third-order valence-electron chi connectivity index (χ3n) is 7.99. The Kier molecular flexibility index (Phi) is 10.9. The summed E-state index contributed by atoms with van der Waals surface area (Å²) in [7, 11) is -1.82. The molecule has 1 aliphatic heterocycles. The van der Waals surface area contributed by atoms with Crippen molar-refractivity contribution in [1.82, 2.24) is 14.3 Å². The van der Waals surface area contributed by atoms with Gasteiger partial charge in [-0.1, -0.05) is 30.3 Å². The van der Waals surface area contributed by atoms with Crippen molar-refractivity contribution in [2.75, 3.05) is 38.2 Å². The van der Waals surface area contributed by atoms with Gasteiger partial charge in [-0.3, -0.25) is 0 Å². The lowest BCUT2D eigenvalue weighted by atomic mass is 9.81. The van der Waals surface area contributed by atoms with E-state index in [1.54, 1.807) is 43.9 Å². The fourth-order valence-corrected chi connectivity index (χ4v) is 7.83. The average Bonchev–Trinajstić information content (AvgIpc) is 3.61. The Hall–Kier alpha value is -4.50. The Morgan fingerprint density at radius 2 is 1.78 bits per heavy atom. The van der Waals surface area contributed by atoms with Gasteiger partial charge in [0.2, 0.25) is 5.13 Å². The Morgan fingerprint density at radius 1 is 1.02 bits per heavy atom. The van der Waals surface area contributed by atoms with Crippen LogP contribution in [0.5, 0.6) is 17.2 Å². The molecule has 0 spiro atoms. The Bertz CT molecular complexity index is 1860. The summed E-state index contributed by atoms with van der Waals surface area (Å²) < 4.78 is 86.1. The number of ether oxygens (including phenoxy) is 4. The van der Waals surface area contributed by atoms with Crippen LogP contribution in [0, 0.1) is 17.6 Å². The van der Waals surface area contributed by atoms with E-state index in [-0.39, 0.29) is 36.7 Å². The van der Waals surface area contributed by atoms with E-state index in [4.69, 9.17) is 18.9 Å². The first-order valence-corrected chi connectivity index (χ1v) is 17.7. The Labute approximate surface area is 288 Å². The lowest BCUT2D eigenvalue weighted by Gasteiger charge is -2.39. The van der Waals surface area contributed by atoms with Crippen LogP contribution in [0.25, 0.3) is 0 Å². The second kappa shape index (κ2) is 14.9. The van der Waals surface area contributed by atoms with Crippen LogP contribution in [0.3, 0.4) is 0 Å². The SMILES string of the molecule is COc1ccc(CN(c2ncns2)S(=O)(=O)c2cc(F)c(OC[C@@H]3CN(C(=O)OC(C)(C)C)CCC3c3ccccc3)cc2F)c(OC)c1. The van der Waals surface area contributed by atoms with Gasteiger partial charge in [0.1, 0.15) is 34.1 Å². The number of hydrogen-bond acceptors (Lipinski definition) is 10. The normalized spacial score (nSPS) is 16.6. The topological polar surface area (TPSA) is 120 Å². The Morgan fingerprint density at radius 3 is 2.43 bits per heavy atom. The standard InChI is InChI=1S/C34H38F2N4O7S2/c1-34(2,3)47-33(41)39-14-13-26(22-9-7-6-8-10-22)24(18-39)20-46-30-16-28(36)31(17-27(30)35)49(42,43)40(32-37-21-38-48-32)19-23-11-12-25(44-4)15-29(23)45-5/h6-12,15-17,21,24,26H,13-14,18-20H2,1-5H3/t24-,26?/m0/s1. The van der Waals surface area contributed by atoms with Crippen LogP contribution in [0.4, 0.5) is 18.7 Å². The molecule has 0 saturated carbocycles. The summed E-state index contributed by atoms with van der Waals surface area (Å²) in [6, 6.07) is 15.8. The molecule has 1 amide bonds. The van der Waals surface area contributed by atoms with E-state index < -0.39 is 44.0 Å². The van der Waals surface area contributed by atoms with E-state index in [1.807, 2.05) is 30.3 Å². The summed E-state index contributed by atoms with van der Waals surface area (Å²) in [4.78, 5) is 17.6. The maximum absolute atomic E-state index is 15.7. The molecule has 0 radical (unpaired) electrons. The highest BCUT2D eigenvalue weighted by Crippen LogP contribution is 2.37. The van der Waals surface area contributed by atoms with Gasteiger partial charge in [0.25, 0.3) is 10.0 Å². The van der Waals surface area contributed by atoms with Gasteiger partial charge in [-0.25, -0.2) is 31.3 Å². The predicted molar refractivity (Wildman–Crippen MR) is 180 cm³/mol. The molecule has 2 atom stereocenters.